The van der Waals surface area contributed by atoms with E-state index in [9.17, 15) is 9.50 Å². The number of halogens is 1. The second-order valence-corrected chi connectivity index (χ2v) is 4.57. The highest BCUT2D eigenvalue weighted by Gasteiger charge is 2.10. The molecule has 0 aliphatic rings. The minimum Gasteiger partial charge on any atom is -0.507 e. The van der Waals surface area contributed by atoms with Gasteiger partial charge in [-0.05, 0) is 30.4 Å². The SMILES string of the molecule is C=CC(=C\C=N)/C(F)=C/c1cc(-c2ccccc2O)nnc1N.CC. The van der Waals surface area contributed by atoms with Gasteiger partial charge in [-0.2, -0.15) is 0 Å². The molecule has 6 heteroatoms. The molecule has 5 nitrogen and oxygen atoms in total. The largest absolute Gasteiger partial charge is 0.507 e. The van der Waals surface area contributed by atoms with Crippen molar-refractivity contribution in [2.45, 2.75) is 13.8 Å². The van der Waals surface area contributed by atoms with Crippen LogP contribution in [0.25, 0.3) is 17.3 Å². The number of benzene rings is 1. The Bertz CT molecular complexity index is 813. The third-order valence-corrected chi connectivity index (χ3v) is 3.07. The number of phenolic OH excluding ortho intramolecular Hbond substituents is 1. The standard InChI is InChI=1S/C17H15FN4O.C2H6/c1-2-11(7-8-19)14(18)9-12-10-15(21-22-17(12)20)13-5-3-4-6-16(13)23;1-2/h2-10,19,23H,1H2,(H2,20,22);1-2H3/b11-7+,14-9-,19-8?;. The van der Waals surface area contributed by atoms with Crippen molar-refractivity contribution in [3.63, 3.8) is 0 Å². The van der Waals surface area contributed by atoms with Crippen molar-refractivity contribution in [1.29, 1.82) is 5.41 Å². The Labute approximate surface area is 146 Å². The lowest BCUT2D eigenvalue weighted by Gasteiger charge is -2.06. The van der Waals surface area contributed by atoms with Crippen LogP contribution in [0.2, 0.25) is 0 Å². The maximum Gasteiger partial charge on any atom is 0.153 e. The molecule has 25 heavy (non-hydrogen) atoms. The van der Waals surface area contributed by atoms with Gasteiger partial charge in [0.25, 0.3) is 0 Å². The molecule has 4 N–H and O–H groups in total. The van der Waals surface area contributed by atoms with Crippen LogP contribution >= 0.6 is 0 Å². The van der Waals surface area contributed by atoms with Gasteiger partial charge in [-0.1, -0.05) is 38.6 Å². The normalized spacial score (nSPS) is 11.3. The Morgan fingerprint density at radius 3 is 2.56 bits per heavy atom. The average Bonchev–Trinajstić information content (AvgIpc) is 2.63. The first-order valence-electron chi connectivity index (χ1n) is 7.69. The number of rotatable bonds is 5. The van der Waals surface area contributed by atoms with Gasteiger partial charge in [-0.25, -0.2) is 4.39 Å². The Hall–Kier alpha value is -3.28. The fraction of sp³-hybridized carbons (Fsp3) is 0.105. The van der Waals surface area contributed by atoms with Crippen LogP contribution in [-0.4, -0.2) is 21.5 Å². The molecule has 1 heterocycles. The number of aromatic nitrogens is 2. The number of aromatic hydroxyl groups is 1. The van der Waals surface area contributed by atoms with Crippen molar-refractivity contribution in [3.8, 4) is 17.0 Å². The first-order chi connectivity index (χ1) is 12.1. The van der Waals surface area contributed by atoms with Gasteiger partial charge in [-0.15, -0.1) is 10.2 Å². The lowest BCUT2D eigenvalue weighted by Crippen LogP contribution is -1.99. The zero-order chi connectivity index (χ0) is 18.8. The minimum atomic E-state index is -0.605. The van der Waals surface area contributed by atoms with Crippen LogP contribution in [0.4, 0.5) is 10.2 Å². The summed E-state index contributed by atoms with van der Waals surface area (Å²) in [5, 5.41) is 24.6. The van der Waals surface area contributed by atoms with E-state index in [0.717, 1.165) is 6.21 Å². The molecule has 0 saturated carbocycles. The number of nitrogens with zero attached hydrogens (tertiary/aromatic N) is 2. The molecule has 0 amide bonds. The van der Waals surface area contributed by atoms with Crippen LogP contribution in [0.1, 0.15) is 19.4 Å². The molecule has 1 aromatic heterocycles. The fourth-order valence-electron chi connectivity index (χ4n) is 1.91. The summed E-state index contributed by atoms with van der Waals surface area (Å²) in [5.41, 5.74) is 7.03. The van der Waals surface area contributed by atoms with Gasteiger partial charge < -0.3 is 16.2 Å². The number of allylic oxidation sites excluding steroid dienone is 4. The lowest BCUT2D eigenvalue weighted by molar-refractivity contribution is 0.477. The summed E-state index contributed by atoms with van der Waals surface area (Å²) in [4.78, 5) is 0. The van der Waals surface area contributed by atoms with Gasteiger partial charge in [0.2, 0.25) is 0 Å². The average molecular weight is 340 g/mol. The number of hydrogen-bond acceptors (Lipinski definition) is 5. The number of nitrogen functional groups attached to an aromatic ring is 1. The van der Waals surface area contributed by atoms with Gasteiger partial charge in [0.15, 0.2) is 5.82 Å². The zero-order valence-corrected chi connectivity index (χ0v) is 14.2. The third-order valence-electron chi connectivity index (χ3n) is 3.07. The molecule has 0 bridgehead atoms. The number of nitrogens with two attached hydrogens (primary N) is 1. The van der Waals surface area contributed by atoms with Crippen molar-refractivity contribution in [1.82, 2.24) is 10.2 Å². The summed E-state index contributed by atoms with van der Waals surface area (Å²) < 4.78 is 14.2. The highest BCUT2D eigenvalue weighted by molar-refractivity contribution is 5.76. The van der Waals surface area contributed by atoms with Crippen LogP contribution in [-0.2, 0) is 0 Å². The Kier molecular flexibility index (Phi) is 7.72. The van der Waals surface area contributed by atoms with E-state index in [1.54, 1.807) is 18.2 Å². The maximum atomic E-state index is 14.2. The van der Waals surface area contributed by atoms with E-state index >= 15 is 0 Å². The molecule has 0 saturated heterocycles. The topological polar surface area (TPSA) is 95.9 Å². The van der Waals surface area contributed by atoms with E-state index in [0.29, 0.717) is 16.8 Å². The highest BCUT2D eigenvalue weighted by atomic mass is 19.1. The van der Waals surface area contributed by atoms with Crippen molar-refractivity contribution >= 4 is 18.1 Å². The first kappa shape index (κ1) is 19.8. The molecule has 0 aliphatic heterocycles. The van der Waals surface area contributed by atoms with Gasteiger partial charge in [0.05, 0.1) is 5.69 Å². The second kappa shape index (κ2) is 9.77. The molecule has 2 aromatic rings. The molecule has 1 aromatic carbocycles. The second-order valence-electron chi connectivity index (χ2n) is 4.57. The summed E-state index contributed by atoms with van der Waals surface area (Å²) in [6.07, 6.45) is 4.72. The predicted molar refractivity (Wildman–Crippen MR) is 101 cm³/mol. The van der Waals surface area contributed by atoms with Gasteiger partial charge in [0.1, 0.15) is 11.6 Å². The van der Waals surface area contributed by atoms with Crippen LogP contribution in [0.15, 0.2) is 60.5 Å². The number of hydrogen-bond donors (Lipinski definition) is 3. The molecule has 0 atom stereocenters. The number of phenols is 1. The Morgan fingerprint density at radius 1 is 1.28 bits per heavy atom. The van der Waals surface area contributed by atoms with Gasteiger partial charge >= 0.3 is 0 Å². The summed E-state index contributed by atoms with van der Waals surface area (Å²) >= 11 is 0. The van der Waals surface area contributed by atoms with Crippen LogP contribution in [0, 0.1) is 5.41 Å². The molecule has 0 spiro atoms. The molecule has 0 aliphatic carbocycles. The zero-order valence-electron chi connectivity index (χ0n) is 14.2. The number of anilines is 1. The highest BCUT2D eigenvalue weighted by Crippen LogP contribution is 2.29. The lowest BCUT2D eigenvalue weighted by atomic mass is 10.1. The molecule has 130 valence electrons. The van der Waals surface area contributed by atoms with Crippen LogP contribution in [0.5, 0.6) is 5.75 Å². The predicted octanol–water partition coefficient (Wildman–Crippen LogP) is 4.53. The number of para-hydroxylation sites is 1. The van der Waals surface area contributed by atoms with Crippen molar-refractivity contribution < 1.29 is 9.50 Å². The summed E-state index contributed by atoms with van der Waals surface area (Å²) in [7, 11) is 0. The van der Waals surface area contributed by atoms with Crippen molar-refractivity contribution in [2.24, 2.45) is 0 Å². The van der Waals surface area contributed by atoms with E-state index < -0.39 is 5.83 Å². The summed E-state index contributed by atoms with van der Waals surface area (Å²) in [6, 6.07) is 8.14. The van der Waals surface area contributed by atoms with E-state index in [1.807, 2.05) is 13.8 Å². The third kappa shape index (κ3) is 5.10. The van der Waals surface area contributed by atoms with E-state index in [-0.39, 0.29) is 17.1 Å². The Morgan fingerprint density at radius 2 is 1.96 bits per heavy atom. The van der Waals surface area contributed by atoms with Crippen molar-refractivity contribution in [3.05, 3.63) is 66.0 Å². The fourth-order valence-corrected chi connectivity index (χ4v) is 1.91. The van der Waals surface area contributed by atoms with E-state index in [1.165, 1.54) is 30.4 Å². The van der Waals surface area contributed by atoms with Crippen LogP contribution in [0.3, 0.4) is 0 Å². The summed E-state index contributed by atoms with van der Waals surface area (Å²) in [6.45, 7) is 7.50. The Balaban J connectivity index is 0.00000151. The van der Waals surface area contributed by atoms with Gasteiger partial charge in [-0.3, -0.25) is 0 Å². The monoisotopic (exact) mass is 340 g/mol. The smallest absolute Gasteiger partial charge is 0.153 e. The molecule has 0 radical (unpaired) electrons. The van der Waals surface area contributed by atoms with Crippen molar-refractivity contribution in [2.75, 3.05) is 5.73 Å². The first-order valence-corrected chi connectivity index (χ1v) is 7.69. The molecule has 0 fully saturated rings. The molecular weight excluding hydrogens is 319 g/mol. The van der Waals surface area contributed by atoms with E-state index in [2.05, 4.69) is 16.8 Å². The quantitative estimate of drug-likeness (QED) is 0.550. The minimum absolute atomic E-state index is 0.0393. The molecular formula is C19H21FN4O. The number of nitrogens with one attached hydrogen (secondary N) is 1. The van der Waals surface area contributed by atoms with Crippen LogP contribution < -0.4 is 5.73 Å². The summed E-state index contributed by atoms with van der Waals surface area (Å²) in [5.74, 6) is -0.513. The van der Waals surface area contributed by atoms with Gasteiger partial charge in [0, 0.05) is 22.9 Å². The maximum absolute atomic E-state index is 14.2. The molecule has 0 unspecified atom stereocenters. The van der Waals surface area contributed by atoms with E-state index in [4.69, 9.17) is 11.1 Å². The molecule has 2 rings (SSSR count).